The van der Waals surface area contributed by atoms with Crippen molar-refractivity contribution in [3.05, 3.63) is 50.9 Å². The number of aliphatic hydroxyl groups is 1. The molecule has 2 bridgehead atoms. The summed E-state index contributed by atoms with van der Waals surface area (Å²) in [4.78, 5) is 0. The molecule has 0 amide bonds. The van der Waals surface area contributed by atoms with Gasteiger partial charge >= 0.3 is 0 Å². The second kappa shape index (κ2) is 4.74. The lowest BCUT2D eigenvalue weighted by Crippen LogP contribution is -2.43. The Balaban J connectivity index is 2.10. The highest BCUT2D eigenvalue weighted by molar-refractivity contribution is 9.14. The van der Waals surface area contributed by atoms with E-state index in [-0.39, 0.29) is 12.2 Å². The SMILES string of the molecule is COc1ccc(C2(O)C(Br)=C(Br)[C@H]3C=C[C@@H]2O3)cc1. The zero-order valence-corrected chi connectivity index (χ0v) is 13.3. The summed E-state index contributed by atoms with van der Waals surface area (Å²) in [7, 11) is 1.62. The van der Waals surface area contributed by atoms with Gasteiger partial charge < -0.3 is 14.6 Å². The largest absolute Gasteiger partial charge is 0.497 e. The van der Waals surface area contributed by atoms with Crippen molar-refractivity contribution < 1.29 is 14.6 Å². The number of hydrogen-bond donors (Lipinski definition) is 1. The van der Waals surface area contributed by atoms with E-state index in [4.69, 9.17) is 9.47 Å². The topological polar surface area (TPSA) is 38.7 Å². The van der Waals surface area contributed by atoms with Crippen molar-refractivity contribution in [2.45, 2.75) is 17.8 Å². The monoisotopic (exact) mass is 386 g/mol. The molecule has 100 valence electrons. The number of fused-ring (bicyclic) bond motifs is 2. The van der Waals surface area contributed by atoms with Gasteiger partial charge in [-0.15, -0.1) is 0 Å². The van der Waals surface area contributed by atoms with E-state index >= 15 is 0 Å². The number of ether oxygens (including phenoxy) is 2. The van der Waals surface area contributed by atoms with Crippen molar-refractivity contribution in [3.63, 3.8) is 0 Å². The average Bonchev–Trinajstić information content (AvgIpc) is 2.91. The molecule has 1 unspecified atom stereocenters. The maximum absolute atomic E-state index is 11.1. The van der Waals surface area contributed by atoms with Crippen LogP contribution in [0.1, 0.15) is 5.56 Å². The highest BCUT2D eigenvalue weighted by Gasteiger charge is 2.49. The van der Waals surface area contributed by atoms with E-state index in [0.717, 1.165) is 15.8 Å². The first kappa shape index (κ1) is 13.4. The number of hydrogen-bond acceptors (Lipinski definition) is 3. The molecule has 3 atom stereocenters. The zero-order chi connectivity index (χ0) is 13.6. The summed E-state index contributed by atoms with van der Waals surface area (Å²) in [5, 5.41) is 11.1. The van der Waals surface area contributed by atoms with Gasteiger partial charge in [0.1, 0.15) is 18.0 Å². The van der Waals surface area contributed by atoms with Crippen molar-refractivity contribution in [2.24, 2.45) is 0 Å². The minimum atomic E-state index is -1.21. The van der Waals surface area contributed by atoms with Gasteiger partial charge in [-0.2, -0.15) is 0 Å². The molecule has 2 aliphatic rings. The Hall–Kier alpha value is -0.620. The molecule has 0 saturated heterocycles. The van der Waals surface area contributed by atoms with E-state index < -0.39 is 5.60 Å². The highest BCUT2D eigenvalue weighted by Crippen LogP contribution is 2.49. The zero-order valence-electron chi connectivity index (χ0n) is 10.1. The minimum absolute atomic E-state index is 0.113. The lowest BCUT2D eigenvalue weighted by Gasteiger charge is -2.38. The van der Waals surface area contributed by atoms with Gasteiger partial charge in [0.15, 0.2) is 5.60 Å². The molecule has 2 heterocycles. The van der Waals surface area contributed by atoms with Gasteiger partial charge in [0.25, 0.3) is 0 Å². The number of halogens is 2. The van der Waals surface area contributed by atoms with Crippen LogP contribution < -0.4 is 4.74 Å². The molecule has 0 radical (unpaired) electrons. The fraction of sp³-hybridized carbons (Fsp3) is 0.286. The molecular formula is C14H12Br2O3. The molecule has 5 heteroatoms. The van der Waals surface area contributed by atoms with Gasteiger partial charge in [0.05, 0.1) is 7.11 Å². The van der Waals surface area contributed by atoms with E-state index in [1.165, 1.54) is 0 Å². The van der Waals surface area contributed by atoms with E-state index in [2.05, 4.69) is 31.9 Å². The van der Waals surface area contributed by atoms with Crippen LogP contribution in [0.25, 0.3) is 0 Å². The van der Waals surface area contributed by atoms with E-state index in [0.29, 0.717) is 4.48 Å². The Morgan fingerprint density at radius 2 is 1.89 bits per heavy atom. The van der Waals surface area contributed by atoms with Crippen molar-refractivity contribution in [3.8, 4) is 5.75 Å². The molecule has 0 aromatic heterocycles. The average molecular weight is 388 g/mol. The first-order valence-corrected chi connectivity index (χ1v) is 7.42. The molecule has 0 fully saturated rings. The highest BCUT2D eigenvalue weighted by atomic mass is 79.9. The predicted octanol–water partition coefficient (Wildman–Crippen LogP) is 3.22. The molecule has 2 aliphatic heterocycles. The molecule has 3 nitrogen and oxygen atoms in total. The van der Waals surface area contributed by atoms with Crippen molar-refractivity contribution in [1.82, 2.24) is 0 Å². The summed E-state index contributed by atoms with van der Waals surface area (Å²) < 4.78 is 12.4. The Morgan fingerprint density at radius 1 is 1.21 bits per heavy atom. The van der Waals surface area contributed by atoms with Crippen LogP contribution >= 0.6 is 31.9 Å². The van der Waals surface area contributed by atoms with E-state index in [9.17, 15) is 5.11 Å². The van der Waals surface area contributed by atoms with Gasteiger partial charge in [-0.25, -0.2) is 0 Å². The van der Waals surface area contributed by atoms with Crippen LogP contribution in [0.3, 0.4) is 0 Å². The number of benzene rings is 1. The smallest absolute Gasteiger partial charge is 0.152 e. The van der Waals surface area contributed by atoms with Crippen LogP contribution in [-0.2, 0) is 10.3 Å². The molecule has 0 spiro atoms. The van der Waals surface area contributed by atoms with Crippen molar-refractivity contribution in [1.29, 1.82) is 0 Å². The Bertz CT molecular complexity index is 565. The third-order valence-electron chi connectivity index (χ3n) is 3.49. The van der Waals surface area contributed by atoms with Gasteiger partial charge in [-0.3, -0.25) is 0 Å². The molecule has 1 N–H and O–H groups in total. The van der Waals surface area contributed by atoms with E-state index in [1.807, 2.05) is 36.4 Å². The Labute approximate surface area is 128 Å². The molecular weight excluding hydrogens is 376 g/mol. The summed E-state index contributed by atoms with van der Waals surface area (Å²) >= 11 is 6.98. The van der Waals surface area contributed by atoms with Crippen LogP contribution in [0.5, 0.6) is 5.75 Å². The number of rotatable bonds is 2. The lowest BCUT2D eigenvalue weighted by molar-refractivity contribution is -0.0729. The summed E-state index contributed by atoms with van der Waals surface area (Å²) in [6.07, 6.45) is 3.33. The summed E-state index contributed by atoms with van der Waals surface area (Å²) in [6.45, 7) is 0. The van der Waals surface area contributed by atoms with Crippen LogP contribution in [-0.4, -0.2) is 24.4 Å². The molecule has 1 aromatic rings. The third kappa shape index (κ3) is 1.91. The fourth-order valence-electron chi connectivity index (χ4n) is 2.40. The lowest BCUT2D eigenvalue weighted by atomic mass is 9.87. The molecule has 3 rings (SSSR count). The second-order valence-electron chi connectivity index (χ2n) is 4.52. The van der Waals surface area contributed by atoms with Crippen LogP contribution in [0.15, 0.2) is 45.4 Å². The van der Waals surface area contributed by atoms with Gasteiger partial charge in [0, 0.05) is 8.96 Å². The first-order valence-electron chi connectivity index (χ1n) is 5.83. The molecule has 0 saturated carbocycles. The summed E-state index contributed by atoms with van der Waals surface area (Å²) in [5.74, 6) is 0.753. The van der Waals surface area contributed by atoms with Crippen LogP contribution in [0.4, 0.5) is 0 Å². The Kier molecular flexibility index (Phi) is 3.33. The normalized spacial score (nSPS) is 32.8. The van der Waals surface area contributed by atoms with Gasteiger partial charge in [-0.05, 0) is 17.7 Å². The van der Waals surface area contributed by atoms with Gasteiger partial charge in [-0.1, -0.05) is 56.1 Å². The third-order valence-corrected chi connectivity index (χ3v) is 5.90. The quantitative estimate of drug-likeness (QED) is 0.792. The van der Waals surface area contributed by atoms with E-state index in [1.54, 1.807) is 7.11 Å². The first-order chi connectivity index (χ1) is 9.07. The maximum Gasteiger partial charge on any atom is 0.152 e. The molecule has 19 heavy (non-hydrogen) atoms. The van der Waals surface area contributed by atoms with Crippen molar-refractivity contribution >= 4 is 31.9 Å². The second-order valence-corrected chi connectivity index (χ2v) is 6.17. The van der Waals surface area contributed by atoms with Gasteiger partial charge in [0.2, 0.25) is 0 Å². The van der Waals surface area contributed by atoms with Crippen molar-refractivity contribution in [2.75, 3.05) is 7.11 Å². The minimum Gasteiger partial charge on any atom is -0.497 e. The Morgan fingerprint density at radius 3 is 2.53 bits per heavy atom. The summed E-state index contributed by atoms with van der Waals surface area (Å²) in [6, 6.07) is 7.34. The maximum atomic E-state index is 11.1. The standard InChI is InChI=1S/C14H12Br2O3/c1-18-9-4-2-8(3-5-9)14(17)11-7-6-10(19-11)12(15)13(14)16/h2-7,10-11,17H,1H3/t10-,11+,14?/m1/s1. The predicted molar refractivity (Wildman–Crippen MR) is 79.6 cm³/mol. The molecule has 1 aromatic carbocycles. The summed E-state index contributed by atoms with van der Waals surface area (Å²) in [5.41, 5.74) is -0.457. The van der Waals surface area contributed by atoms with Crippen LogP contribution in [0.2, 0.25) is 0 Å². The number of methoxy groups -OCH3 is 1. The van der Waals surface area contributed by atoms with Crippen LogP contribution in [0, 0.1) is 0 Å². The fourth-order valence-corrected chi connectivity index (χ4v) is 3.64. The molecule has 0 aliphatic carbocycles.